The summed E-state index contributed by atoms with van der Waals surface area (Å²) in [7, 11) is 3.80. The summed E-state index contributed by atoms with van der Waals surface area (Å²) in [4.78, 5) is 2.48. The van der Waals surface area contributed by atoms with Crippen LogP contribution in [0.3, 0.4) is 0 Å². The lowest BCUT2D eigenvalue weighted by Crippen LogP contribution is -2.57. The minimum Gasteiger partial charge on any atom is -0.383 e. The average Bonchev–Trinajstić information content (AvgIpc) is 2.31. The van der Waals surface area contributed by atoms with Gasteiger partial charge in [0, 0.05) is 31.8 Å². The first kappa shape index (κ1) is 13.9. The normalized spacial score (nSPS) is 28.3. The molecule has 0 saturated carbocycles. The molecule has 0 radical (unpaired) electrons. The van der Waals surface area contributed by atoms with Gasteiger partial charge in [-0.2, -0.15) is 0 Å². The van der Waals surface area contributed by atoms with Gasteiger partial charge in [0.05, 0.1) is 13.2 Å². The molecule has 3 unspecified atom stereocenters. The predicted molar refractivity (Wildman–Crippen MR) is 65.8 cm³/mol. The van der Waals surface area contributed by atoms with Gasteiger partial charge in [-0.3, -0.25) is 4.90 Å². The van der Waals surface area contributed by atoms with E-state index in [4.69, 9.17) is 9.47 Å². The molecule has 0 aliphatic carbocycles. The second-order valence-electron chi connectivity index (χ2n) is 4.46. The third-order valence-electron chi connectivity index (χ3n) is 3.46. The lowest BCUT2D eigenvalue weighted by molar-refractivity contribution is -0.0259. The molecule has 1 heterocycles. The third-order valence-corrected chi connectivity index (χ3v) is 3.46. The first-order valence-electron chi connectivity index (χ1n) is 6.24. The van der Waals surface area contributed by atoms with E-state index in [0.717, 1.165) is 32.8 Å². The average molecular weight is 230 g/mol. The minimum atomic E-state index is 0.442. The molecule has 1 aliphatic heterocycles. The van der Waals surface area contributed by atoms with E-state index in [-0.39, 0.29) is 0 Å². The number of nitrogens with one attached hydrogen (secondary N) is 1. The number of rotatable bonds is 6. The topological polar surface area (TPSA) is 33.7 Å². The van der Waals surface area contributed by atoms with E-state index >= 15 is 0 Å². The molecule has 16 heavy (non-hydrogen) atoms. The number of hydrogen-bond donors (Lipinski definition) is 1. The van der Waals surface area contributed by atoms with Gasteiger partial charge in [-0.15, -0.1) is 0 Å². The van der Waals surface area contributed by atoms with Crippen molar-refractivity contribution in [1.82, 2.24) is 10.2 Å². The summed E-state index contributed by atoms with van der Waals surface area (Å²) in [5.41, 5.74) is 0. The van der Waals surface area contributed by atoms with Gasteiger partial charge in [-0.05, 0) is 26.9 Å². The Morgan fingerprint density at radius 1 is 1.56 bits per heavy atom. The molecule has 0 aromatic rings. The van der Waals surface area contributed by atoms with Crippen LogP contribution < -0.4 is 5.32 Å². The van der Waals surface area contributed by atoms with Gasteiger partial charge < -0.3 is 14.8 Å². The number of hydrogen-bond acceptors (Lipinski definition) is 4. The molecule has 3 atom stereocenters. The standard InChI is InChI=1S/C12H26N2O2/c1-5-14(10(2)8-15-4)12-9-16-7-6-11(12)13-3/h10-13H,5-9H2,1-4H3. The molecule has 0 aromatic carbocycles. The lowest BCUT2D eigenvalue weighted by Gasteiger charge is -2.42. The molecule has 96 valence electrons. The monoisotopic (exact) mass is 230 g/mol. The van der Waals surface area contributed by atoms with Crippen LogP contribution in [0.2, 0.25) is 0 Å². The number of likely N-dealkylation sites (N-methyl/N-ethyl adjacent to an activating group) is 2. The largest absolute Gasteiger partial charge is 0.383 e. The van der Waals surface area contributed by atoms with Crippen molar-refractivity contribution in [3.63, 3.8) is 0 Å². The van der Waals surface area contributed by atoms with Crippen molar-refractivity contribution in [2.24, 2.45) is 0 Å². The van der Waals surface area contributed by atoms with Crippen LogP contribution in [0.15, 0.2) is 0 Å². The second-order valence-corrected chi connectivity index (χ2v) is 4.46. The summed E-state index contributed by atoms with van der Waals surface area (Å²) < 4.78 is 10.8. The molecule has 0 amide bonds. The first-order chi connectivity index (χ1) is 7.74. The molecular weight excluding hydrogens is 204 g/mol. The summed E-state index contributed by atoms with van der Waals surface area (Å²) in [6.45, 7) is 7.94. The molecule has 1 fully saturated rings. The molecule has 0 spiro atoms. The fraction of sp³-hybridized carbons (Fsp3) is 1.00. The quantitative estimate of drug-likeness (QED) is 0.729. The smallest absolute Gasteiger partial charge is 0.0637 e. The van der Waals surface area contributed by atoms with Crippen LogP contribution in [0.1, 0.15) is 20.3 Å². The highest BCUT2D eigenvalue weighted by molar-refractivity contribution is 4.88. The van der Waals surface area contributed by atoms with Crippen LogP contribution >= 0.6 is 0 Å². The Balaban J connectivity index is 2.61. The van der Waals surface area contributed by atoms with Gasteiger partial charge in [0.1, 0.15) is 0 Å². The Morgan fingerprint density at radius 3 is 2.88 bits per heavy atom. The van der Waals surface area contributed by atoms with Crippen molar-refractivity contribution in [1.29, 1.82) is 0 Å². The van der Waals surface area contributed by atoms with Gasteiger partial charge in [0.2, 0.25) is 0 Å². The molecule has 0 aromatic heterocycles. The molecule has 0 bridgehead atoms. The molecule has 1 saturated heterocycles. The molecule has 1 N–H and O–H groups in total. The molecule has 4 nitrogen and oxygen atoms in total. The maximum absolute atomic E-state index is 5.60. The van der Waals surface area contributed by atoms with Gasteiger partial charge in [-0.1, -0.05) is 6.92 Å². The van der Waals surface area contributed by atoms with Crippen LogP contribution in [0.4, 0.5) is 0 Å². The summed E-state index contributed by atoms with van der Waals surface area (Å²) in [5.74, 6) is 0. The highest BCUT2D eigenvalue weighted by atomic mass is 16.5. The molecule has 1 rings (SSSR count). The van der Waals surface area contributed by atoms with Crippen LogP contribution in [0, 0.1) is 0 Å². The van der Waals surface area contributed by atoms with Crippen molar-refractivity contribution in [2.75, 3.05) is 40.5 Å². The first-order valence-corrected chi connectivity index (χ1v) is 6.24. The Labute approximate surface area is 99.3 Å². The minimum absolute atomic E-state index is 0.442. The van der Waals surface area contributed by atoms with E-state index in [0.29, 0.717) is 18.1 Å². The zero-order valence-electron chi connectivity index (χ0n) is 11.0. The van der Waals surface area contributed by atoms with Crippen LogP contribution in [0.25, 0.3) is 0 Å². The van der Waals surface area contributed by atoms with Crippen molar-refractivity contribution in [2.45, 2.75) is 38.4 Å². The molecule has 1 aliphatic rings. The summed E-state index contributed by atoms with van der Waals surface area (Å²) >= 11 is 0. The fourth-order valence-corrected chi connectivity index (χ4v) is 2.60. The number of methoxy groups -OCH3 is 1. The Bertz CT molecular complexity index is 190. The van der Waals surface area contributed by atoms with Crippen LogP contribution in [-0.4, -0.2) is 63.5 Å². The summed E-state index contributed by atoms with van der Waals surface area (Å²) in [5, 5.41) is 3.40. The van der Waals surface area contributed by atoms with E-state index in [1.165, 1.54) is 0 Å². The Morgan fingerprint density at radius 2 is 2.31 bits per heavy atom. The number of nitrogens with zero attached hydrogens (tertiary/aromatic N) is 1. The van der Waals surface area contributed by atoms with Gasteiger partial charge in [0.15, 0.2) is 0 Å². The van der Waals surface area contributed by atoms with E-state index in [1.807, 2.05) is 7.05 Å². The predicted octanol–water partition coefficient (Wildman–Crippen LogP) is 0.720. The SMILES string of the molecule is CCN(C(C)COC)C1COCCC1NC. The van der Waals surface area contributed by atoms with Gasteiger partial charge >= 0.3 is 0 Å². The van der Waals surface area contributed by atoms with E-state index in [2.05, 4.69) is 24.1 Å². The van der Waals surface area contributed by atoms with Crippen LogP contribution in [-0.2, 0) is 9.47 Å². The highest BCUT2D eigenvalue weighted by Gasteiger charge is 2.31. The van der Waals surface area contributed by atoms with E-state index < -0.39 is 0 Å². The van der Waals surface area contributed by atoms with Crippen LogP contribution in [0.5, 0.6) is 0 Å². The van der Waals surface area contributed by atoms with Gasteiger partial charge in [0.25, 0.3) is 0 Å². The maximum atomic E-state index is 5.60. The molecule has 4 heteroatoms. The fourth-order valence-electron chi connectivity index (χ4n) is 2.60. The van der Waals surface area contributed by atoms with Crippen molar-refractivity contribution < 1.29 is 9.47 Å². The lowest BCUT2D eigenvalue weighted by atomic mass is 10.0. The summed E-state index contributed by atoms with van der Waals surface area (Å²) in [6.07, 6.45) is 1.09. The molecular formula is C12H26N2O2. The van der Waals surface area contributed by atoms with E-state index in [9.17, 15) is 0 Å². The zero-order chi connectivity index (χ0) is 12.0. The highest BCUT2D eigenvalue weighted by Crippen LogP contribution is 2.16. The maximum Gasteiger partial charge on any atom is 0.0637 e. The Hall–Kier alpha value is -0.160. The second kappa shape index (κ2) is 7.22. The summed E-state index contributed by atoms with van der Waals surface area (Å²) in [6, 6.07) is 1.44. The van der Waals surface area contributed by atoms with E-state index in [1.54, 1.807) is 7.11 Å². The third kappa shape index (κ3) is 3.42. The van der Waals surface area contributed by atoms with Crippen molar-refractivity contribution in [3.05, 3.63) is 0 Å². The number of ether oxygens (including phenoxy) is 2. The zero-order valence-corrected chi connectivity index (χ0v) is 11.0. The Kier molecular flexibility index (Phi) is 6.28. The van der Waals surface area contributed by atoms with Crippen molar-refractivity contribution >= 4 is 0 Å². The van der Waals surface area contributed by atoms with Gasteiger partial charge in [-0.25, -0.2) is 0 Å². The van der Waals surface area contributed by atoms with Crippen molar-refractivity contribution in [3.8, 4) is 0 Å².